The Kier molecular flexibility index (Phi) is 3.83. The fourth-order valence-corrected chi connectivity index (χ4v) is 2.29. The Labute approximate surface area is 128 Å². The van der Waals surface area contributed by atoms with E-state index in [1.807, 2.05) is 59.5 Å². The number of rotatable bonds is 4. The van der Waals surface area contributed by atoms with Gasteiger partial charge in [-0.15, -0.1) is 4.91 Å². The molecule has 0 saturated carbocycles. The summed E-state index contributed by atoms with van der Waals surface area (Å²) in [5.41, 5.74) is 3.20. The molecule has 0 aliphatic heterocycles. The number of hydrogen-bond acceptors (Lipinski definition) is 4. The van der Waals surface area contributed by atoms with Crippen LogP contribution >= 0.6 is 0 Å². The van der Waals surface area contributed by atoms with Crippen LogP contribution < -0.4 is 4.90 Å². The maximum atomic E-state index is 10.6. The third-order valence-electron chi connectivity index (χ3n) is 3.34. The molecule has 0 fully saturated rings. The quantitative estimate of drug-likeness (QED) is 0.667. The number of nitrogens with zero attached hydrogens (tertiary/aromatic N) is 2. The summed E-state index contributed by atoms with van der Waals surface area (Å²) in [4.78, 5) is 12.6. The van der Waals surface area contributed by atoms with E-state index in [4.69, 9.17) is 0 Å². The average molecular weight is 290 g/mol. The van der Waals surface area contributed by atoms with Crippen molar-refractivity contribution in [1.82, 2.24) is 0 Å². The number of phenolic OH excluding ortho intramolecular Hbond substituents is 1. The van der Waals surface area contributed by atoms with E-state index >= 15 is 0 Å². The van der Waals surface area contributed by atoms with Crippen LogP contribution in [0.3, 0.4) is 0 Å². The fourth-order valence-electron chi connectivity index (χ4n) is 2.29. The Balaban J connectivity index is 2.09. The molecule has 0 unspecified atom stereocenters. The number of phenols is 1. The highest BCUT2D eigenvalue weighted by molar-refractivity contribution is 5.77. The fraction of sp³-hybridized carbons (Fsp3) is 0. The summed E-state index contributed by atoms with van der Waals surface area (Å²) in [6.45, 7) is 0. The van der Waals surface area contributed by atoms with E-state index in [2.05, 4.69) is 5.18 Å². The smallest absolute Gasteiger partial charge is 0.115 e. The molecule has 0 amide bonds. The number of para-hydroxylation sites is 1. The van der Waals surface area contributed by atoms with E-state index in [-0.39, 0.29) is 5.75 Å². The molecular formula is C18H14N2O2. The van der Waals surface area contributed by atoms with Crippen LogP contribution in [0.1, 0.15) is 0 Å². The molecule has 0 atom stereocenters. The van der Waals surface area contributed by atoms with Crippen LogP contribution in [-0.4, -0.2) is 5.11 Å². The third-order valence-corrected chi connectivity index (χ3v) is 3.34. The Bertz CT molecular complexity index is 753. The Morgan fingerprint density at radius 3 is 1.73 bits per heavy atom. The van der Waals surface area contributed by atoms with Crippen molar-refractivity contribution in [3.8, 4) is 5.75 Å². The second kappa shape index (κ2) is 6.10. The third kappa shape index (κ3) is 2.81. The van der Waals surface area contributed by atoms with Gasteiger partial charge in [0.25, 0.3) is 0 Å². The summed E-state index contributed by atoms with van der Waals surface area (Å²) in [7, 11) is 0. The van der Waals surface area contributed by atoms with Crippen LogP contribution in [0.5, 0.6) is 5.75 Å². The lowest BCUT2D eigenvalue weighted by atomic mass is 10.2. The van der Waals surface area contributed by atoms with Crippen molar-refractivity contribution in [2.75, 3.05) is 4.90 Å². The topological polar surface area (TPSA) is 52.9 Å². The van der Waals surface area contributed by atoms with E-state index in [0.717, 1.165) is 17.1 Å². The van der Waals surface area contributed by atoms with Gasteiger partial charge in [0.1, 0.15) is 11.4 Å². The van der Waals surface area contributed by atoms with Gasteiger partial charge in [-0.25, -0.2) is 0 Å². The normalized spacial score (nSPS) is 10.2. The van der Waals surface area contributed by atoms with Crippen molar-refractivity contribution < 1.29 is 5.11 Å². The largest absolute Gasteiger partial charge is 0.508 e. The molecular weight excluding hydrogens is 276 g/mol. The lowest BCUT2D eigenvalue weighted by Gasteiger charge is -2.25. The standard InChI is InChI=1S/C18H14N2O2/c21-18-12-10-17(11-13-18)20(15-4-2-1-3-5-15)16-8-6-14(19-22)7-9-16/h1-13,21H. The second-order valence-corrected chi connectivity index (χ2v) is 4.80. The van der Waals surface area contributed by atoms with Crippen molar-refractivity contribution >= 4 is 22.7 Å². The van der Waals surface area contributed by atoms with Crippen LogP contribution in [-0.2, 0) is 0 Å². The molecule has 1 N–H and O–H groups in total. The molecule has 4 heteroatoms. The minimum absolute atomic E-state index is 0.220. The van der Waals surface area contributed by atoms with Crippen LogP contribution in [0, 0.1) is 4.91 Å². The number of benzene rings is 3. The molecule has 0 bridgehead atoms. The zero-order chi connectivity index (χ0) is 15.4. The van der Waals surface area contributed by atoms with E-state index < -0.39 is 0 Å². The number of anilines is 3. The molecule has 22 heavy (non-hydrogen) atoms. The highest BCUT2D eigenvalue weighted by Crippen LogP contribution is 2.35. The molecule has 0 aliphatic rings. The van der Waals surface area contributed by atoms with Gasteiger partial charge in [0, 0.05) is 17.1 Å². The number of aromatic hydroxyl groups is 1. The van der Waals surface area contributed by atoms with E-state index in [9.17, 15) is 10.0 Å². The van der Waals surface area contributed by atoms with Crippen LogP contribution in [0.25, 0.3) is 0 Å². The van der Waals surface area contributed by atoms with E-state index in [1.165, 1.54) is 0 Å². The summed E-state index contributed by atoms with van der Waals surface area (Å²) >= 11 is 0. The molecule has 0 saturated heterocycles. The van der Waals surface area contributed by atoms with Crippen molar-refractivity contribution in [2.45, 2.75) is 0 Å². The average Bonchev–Trinajstić information content (AvgIpc) is 2.58. The van der Waals surface area contributed by atoms with Gasteiger partial charge in [-0.3, -0.25) is 0 Å². The maximum absolute atomic E-state index is 10.6. The molecule has 3 rings (SSSR count). The van der Waals surface area contributed by atoms with Gasteiger partial charge in [0.2, 0.25) is 0 Å². The van der Waals surface area contributed by atoms with Gasteiger partial charge in [0.05, 0.1) is 0 Å². The Hall–Kier alpha value is -3.14. The molecule has 108 valence electrons. The molecule has 0 spiro atoms. The van der Waals surface area contributed by atoms with E-state index in [0.29, 0.717) is 5.69 Å². The van der Waals surface area contributed by atoms with Gasteiger partial charge in [-0.1, -0.05) is 18.2 Å². The predicted octanol–water partition coefficient (Wildman–Crippen LogP) is 5.26. The summed E-state index contributed by atoms with van der Waals surface area (Å²) in [6, 6.07) is 23.9. The van der Waals surface area contributed by atoms with Gasteiger partial charge in [0.15, 0.2) is 0 Å². The minimum atomic E-state index is 0.220. The molecule has 0 radical (unpaired) electrons. The lowest BCUT2D eigenvalue weighted by Crippen LogP contribution is -2.09. The van der Waals surface area contributed by atoms with Gasteiger partial charge in [-0.2, -0.15) is 0 Å². The second-order valence-electron chi connectivity index (χ2n) is 4.80. The summed E-state index contributed by atoms with van der Waals surface area (Å²) < 4.78 is 0. The molecule has 3 aromatic rings. The predicted molar refractivity (Wildman–Crippen MR) is 88.2 cm³/mol. The number of nitroso groups, excluding NO2 is 1. The van der Waals surface area contributed by atoms with Crippen LogP contribution in [0.15, 0.2) is 84.0 Å². The van der Waals surface area contributed by atoms with Crippen molar-refractivity contribution in [3.63, 3.8) is 0 Å². The zero-order valence-corrected chi connectivity index (χ0v) is 11.8. The lowest BCUT2D eigenvalue weighted by molar-refractivity contribution is 0.475. The highest BCUT2D eigenvalue weighted by Gasteiger charge is 2.11. The number of hydrogen-bond donors (Lipinski definition) is 1. The van der Waals surface area contributed by atoms with E-state index in [1.54, 1.807) is 24.3 Å². The Morgan fingerprint density at radius 2 is 1.18 bits per heavy atom. The molecule has 4 nitrogen and oxygen atoms in total. The summed E-state index contributed by atoms with van der Waals surface area (Å²) in [6.07, 6.45) is 0. The highest BCUT2D eigenvalue weighted by atomic mass is 16.3. The molecule has 0 aromatic heterocycles. The van der Waals surface area contributed by atoms with Crippen molar-refractivity contribution in [2.24, 2.45) is 5.18 Å². The Morgan fingerprint density at radius 1 is 0.682 bits per heavy atom. The van der Waals surface area contributed by atoms with Crippen LogP contribution in [0.4, 0.5) is 22.7 Å². The van der Waals surface area contributed by atoms with Crippen molar-refractivity contribution in [3.05, 3.63) is 83.8 Å². The van der Waals surface area contributed by atoms with Crippen molar-refractivity contribution in [1.29, 1.82) is 0 Å². The monoisotopic (exact) mass is 290 g/mol. The molecule has 0 heterocycles. The first-order valence-corrected chi connectivity index (χ1v) is 6.85. The minimum Gasteiger partial charge on any atom is -0.508 e. The summed E-state index contributed by atoms with van der Waals surface area (Å²) in [5.74, 6) is 0.220. The molecule has 3 aromatic carbocycles. The van der Waals surface area contributed by atoms with Gasteiger partial charge < -0.3 is 10.0 Å². The SMILES string of the molecule is O=Nc1ccc(N(c2ccccc2)c2ccc(O)cc2)cc1. The van der Waals surface area contributed by atoms with Gasteiger partial charge in [-0.05, 0) is 65.8 Å². The first-order chi connectivity index (χ1) is 10.8. The first-order valence-electron chi connectivity index (χ1n) is 6.85. The zero-order valence-electron chi connectivity index (χ0n) is 11.8. The van der Waals surface area contributed by atoms with Crippen LogP contribution in [0.2, 0.25) is 0 Å². The maximum Gasteiger partial charge on any atom is 0.115 e. The first kappa shape index (κ1) is 13.8. The summed E-state index contributed by atoms with van der Waals surface area (Å²) in [5, 5.41) is 12.4. The molecule has 0 aliphatic carbocycles. The van der Waals surface area contributed by atoms with Gasteiger partial charge >= 0.3 is 0 Å².